The average molecular weight is 751 g/mol. The van der Waals surface area contributed by atoms with Crippen molar-refractivity contribution in [1.82, 2.24) is 9.97 Å². The Hall–Kier alpha value is -7.88. The van der Waals surface area contributed by atoms with Crippen molar-refractivity contribution in [2.45, 2.75) is 0 Å². The molecule has 11 aromatic rings. The zero-order chi connectivity index (χ0) is 38.9. The molecule has 0 unspecified atom stereocenters. The molecular weight excluding hydrogens is 717 g/mol. The first-order valence-corrected chi connectivity index (χ1v) is 20.1. The Labute approximate surface area is 341 Å². The molecule has 0 N–H and O–H groups in total. The third-order valence-corrected chi connectivity index (χ3v) is 11.9. The van der Waals surface area contributed by atoms with Gasteiger partial charge in [0.1, 0.15) is 11.5 Å². The Balaban J connectivity index is 1.01. The molecule has 0 atom stereocenters. The monoisotopic (exact) mass is 750 g/mol. The van der Waals surface area contributed by atoms with Gasteiger partial charge in [-0.2, -0.15) is 0 Å². The van der Waals surface area contributed by atoms with Crippen LogP contribution < -0.4 is 4.74 Å². The fraction of sp³-hybridized carbons (Fsp3) is 0. The van der Waals surface area contributed by atoms with Crippen molar-refractivity contribution >= 4 is 43.1 Å². The van der Waals surface area contributed by atoms with E-state index in [2.05, 4.69) is 200 Å². The Morgan fingerprint density at radius 1 is 0.305 bits per heavy atom. The van der Waals surface area contributed by atoms with Crippen LogP contribution >= 0.6 is 0 Å². The summed E-state index contributed by atoms with van der Waals surface area (Å²) in [5, 5.41) is 9.52. The fourth-order valence-corrected chi connectivity index (χ4v) is 8.97. The highest BCUT2D eigenvalue weighted by molar-refractivity contribution is 6.20. The molecule has 1 aromatic heterocycles. The summed E-state index contributed by atoms with van der Waals surface area (Å²) in [5.41, 5.74) is 11.8. The number of aromatic nitrogens is 2. The van der Waals surface area contributed by atoms with Gasteiger partial charge in [0, 0.05) is 27.6 Å². The second kappa shape index (κ2) is 13.4. The van der Waals surface area contributed by atoms with Gasteiger partial charge in [-0.3, -0.25) is 0 Å². The highest BCUT2D eigenvalue weighted by Crippen LogP contribution is 2.48. The molecule has 2 heterocycles. The number of ether oxygens (including phenoxy) is 1. The maximum Gasteiger partial charge on any atom is 0.160 e. The largest absolute Gasteiger partial charge is 0.456 e. The molecule has 0 radical (unpaired) electrons. The number of hydrogen-bond donors (Lipinski definition) is 0. The van der Waals surface area contributed by atoms with E-state index >= 15 is 0 Å². The van der Waals surface area contributed by atoms with Crippen LogP contribution in [0, 0.1) is 0 Å². The first kappa shape index (κ1) is 33.3. The Morgan fingerprint density at radius 3 is 1.76 bits per heavy atom. The minimum Gasteiger partial charge on any atom is -0.456 e. The molecule has 274 valence electrons. The zero-order valence-corrected chi connectivity index (χ0v) is 31.9. The summed E-state index contributed by atoms with van der Waals surface area (Å²) < 4.78 is 6.40. The molecule has 3 nitrogen and oxygen atoms in total. The van der Waals surface area contributed by atoms with E-state index in [0.717, 1.165) is 72.6 Å². The third-order valence-electron chi connectivity index (χ3n) is 11.9. The summed E-state index contributed by atoms with van der Waals surface area (Å²) in [6.45, 7) is 0. The van der Waals surface area contributed by atoms with Crippen molar-refractivity contribution in [2.75, 3.05) is 0 Å². The van der Waals surface area contributed by atoms with Gasteiger partial charge in [-0.25, -0.2) is 9.97 Å². The molecule has 3 heteroatoms. The standard InChI is InChI=1S/C56H34N2O/c1-2-10-35(11-3-1)36-22-26-41(27-23-36)56-57-50(34-51(58-56)55-45-17-7-5-13-43(45)33-48-44-16-6-4-12-38(44)28-30-47(48)55)39-24-20-37(21-25-39)42-29-31-52-49(32-42)46-18-8-14-40-15-9-19-53(59-52)54(40)46/h1-34H. The number of fused-ring (bicyclic) bond motifs is 6. The van der Waals surface area contributed by atoms with E-state index in [9.17, 15) is 0 Å². The Kier molecular flexibility index (Phi) is 7.54. The van der Waals surface area contributed by atoms with Gasteiger partial charge in [0.15, 0.2) is 5.82 Å². The quantitative estimate of drug-likeness (QED) is 0.130. The minimum absolute atomic E-state index is 0.687. The van der Waals surface area contributed by atoms with Gasteiger partial charge >= 0.3 is 0 Å². The summed E-state index contributed by atoms with van der Waals surface area (Å²) in [5.74, 6) is 2.47. The van der Waals surface area contributed by atoms with Gasteiger partial charge < -0.3 is 4.74 Å². The second-order valence-electron chi connectivity index (χ2n) is 15.3. The molecule has 0 bridgehead atoms. The molecule has 59 heavy (non-hydrogen) atoms. The van der Waals surface area contributed by atoms with Crippen molar-refractivity contribution in [3.63, 3.8) is 0 Å². The highest BCUT2D eigenvalue weighted by Gasteiger charge is 2.21. The molecule has 0 saturated carbocycles. The lowest BCUT2D eigenvalue weighted by Crippen LogP contribution is -1.98. The van der Waals surface area contributed by atoms with Crippen LogP contribution in [0.25, 0.3) is 110 Å². The third kappa shape index (κ3) is 5.59. The summed E-state index contributed by atoms with van der Waals surface area (Å²) in [6, 6.07) is 73.3. The molecule has 0 aliphatic carbocycles. The first-order valence-electron chi connectivity index (χ1n) is 20.1. The lowest BCUT2D eigenvalue weighted by Gasteiger charge is -2.22. The van der Waals surface area contributed by atoms with Gasteiger partial charge in [0.25, 0.3) is 0 Å². The van der Waals surface area contributed by atoms with Crippen LogP contribution in [-0.2, 0) is 0 Å². The van der Waals surface area contributed by atoms with Crippen LogP contribution in [0.5, 0.6) is 11.5 Å². The zero-order valence-electron chi connectivity index (χ0n) is 31.9. The van der Waals surface area contributed by atoms with E-state index in [0.29, 0.717) is 5.82 Å². The molecule has 12 rings (SSSR count). The molecule has 0 saturated heterocycles. The molecule has 0 amide bonds. The molecule has 0 fully saturated rings. The van der Waals surface area contributed by atoms with Gasteiger partial charge in [-0.05, 0) is 95.9 Å². The smallest absolute Gasteiger partial charge is 0.160 e. The van der Waals surface area contributed by atoms with Crippen LogP contribution in [0.2, 0.25) is 0 Å². The van der Waals surface area contributed by atoms with E-state index < -0.39 is 0 Å². The van der Waals surface area contributed by atoms with E-state index in [4.69, 9.17) is 14.7 Å². The van der Waals surface area contributed by atoms with Crippen molar-refractivity contribution in [3.05, 3.63) is 206 Å². The average Bonchev–Trinajstić information content (AvgIpc) is 3.31. The summed E-state index contributed by atoms with van der Waals surface area (Å²) in [4.78, 5) is 10.7. The Morgan fingerprint density at radius 2 is 0.932 bits per heavy atom. The molecular formula is C56H34N2O. The molecule has 1 aliphatic heterocycles. The lowest BCUT2D eigenvalue weighted by atomic mass is 9.91. The number of hydrogen-bond acceptors (Lipinski definition) is 3. The minimum atomic E-state index is 0.687. The summed E-state index contributed by atoms with van der Waals surface area (Å²) >= 11 is 0. The normalized spacial score (nSPS) is 11.9. The van der Waals surface area contributed by atoms with Gasteiger partial charge in [0.2, 0.25) is 0 Å². The molecule has 1 aliphatic rings. The van der Waals surface area contributed by atoms with Gasteiger partial charge in [-0.15, -0.1) is 0 Å². The number of rotatable bonds is 5. The summed E-state index contributed by atoms with van der Waals surface area (Å²) in [7, 11) is 0. The fourth-order valence-electron chi connectivity index (χ4n) is 8.97. The van der Waals surface area contributed by atoms with Crippen LogP contribution in [0.15, 0.2) is 206 Å². The molecule has 0 spiro atoms. The van der Waals surface area contributed by atoms with Crippen LogP contribution in [0.3, 0.4) is 0 Å². The van der Waals surface area contributed by atoms with Crippen molar-refractivity contribution in [1.29, 1.82) is 0 Å². The lowest BCUT2D eigenvalue weighted by molar-refractivity contribution is 0.487. The van der Waals surface area contributed by atoms with Crippen molar-refractivity contribution in [2.24, 2.45) is 0 Å². The van der Waals surface area contributed by atoms with Crippen LogP contribution in [0.4, 0.5) is 0 Å². The number of nitrogens with zero attached hydrogens (tertiary/aromatic N) is 2. The van der Waals surface area contributed by atoms with E-state index in [1.807, 2.05) is 6.07 Å². The topological polar surface area (TPSA) is 35.0 Å². The highest BCUT2D eigenvalue weighted by atomic mass is 16.5. The SMILES string of the molecule is c1ccc(-c2ccc(-c3nc(-c4ccc(-c5ccc6c(c5)-c5cccc7cccc(c57)O6)cc4)cc(-c4c5ccccc5cc5c4ccc4ccccc45)n3)cc2)cc1. The van der Waals surface area contributed by atoms with Gasteiger partial charge in [0.05, 0.1) is 11.4 Å². The number of benzene rings is 10. The van der Waals surface area contributed by atoms with Crippen LogP contribution in [0.1, 0.15) is 0 Å². The predicted molar refractivity (Wildman–Crippen MR) is 245 cm³/mol. The van der Waals surface area contributed by atoms with E-state index in [-0.39, 0.29) is 0 Å². The van der Waals surface area contributed by atoms with E-state index in [1.165, 1.54) is 43.4 Å². The maximum absolute atomic E-state index is 6.40. The maximum atomic E-state index is 6.40. The summed E-state index contributed by atoms with van der Waals surface area (Å²) in [6.07, 6.45) is 0. The van der Waals surface area contributed by atoms with E-state index in [1.54, 1.807) is 0 Å². The first-order chi connectivity index (χ1) is 29.2. The van der Waals surface area contributed by atoms with Gasteiger partial charge in [-0.1, -0.05) is 176 Å². The Bertz CT molecular complexity index is 3440. The molecule has 10 aromatic carbocycles. The van der Waals surface area contributed by atoms with Crippen LogP contribution in [-0.4, -0.2) is 9.97 Å². The van der Waals surface area contributed by atoms with Crippen molar-refractivity contribution in [3.8, 4) is 78.8 Å². The predicted octanol–water partition coefficient (Wildman–Crippen LogP) is 15.2. The second-order valence-corrected chi connectivity index (χ2v) is 15.3. The van der Waals surface area contributed by atoms with Crippen molar-refractivity contribution < 1.29 is 4.74 Å².